The van der Waals surface area contributed by atoms with Gasteiger partial charge in [0.15, 0.2) is 0 Å². The molecule has 4 nitrogen and oxygen atoms in total. The maximum atomic E-state index is 5.63. The van der Waals surface area contributed by atoms with Crippen LogP contribution in [0.25, 0.3) is 0 Å². The highest BCUT2D eigenvalue weighted by Gasteiger charge is 2.20. The minimum atomic E-state index is 0.206. The van der Waals surface area contributed by atoms with Crippen LogP contribution < -0.4 is 5.32 Å². The van der Waals surface area contributed by atoms with Crippen molar-refractivity contribution in [2.45, 2.75) is 58.9 Å². The van der Waals surface area contributed by atoms with E-state index in [2.05, 4.69) is 36.3 Å². The Hall–Kier alpha value is -0.900. The second kappa shape index (κ2) is 5.17. The SMILES string of the molecule is CC(C)(C)Cc1nnc(CCCNC2CC2)o1. The van der Waals surface area contributed by atoms with E-state index < -0.39 is 0 Å². The summed E-state index contributed by atoms with van der Waals surface area (Å²) in [6.07, 6.45) is 5.50. The lowest BCUT2D eigenvalue weighted by Gasteiger charge is -2.14. The summed E-state index contributed by atoms with van der Waals surface area (Å²) in [6.45, 7) is 7.59. The van der Waals surface area contributed by atoms with Gasteiger partial charge in [0, 0.05) is 18.9 Å². The summed E-state index contributed by atoms with van der Waals surface area (Å²) in [5, 5.41) is 11.7. The molecule has 1 fully saturated rings. The second-order valence-electron chi connectivity index (χ2n) is 6.16. The summed E-state index contributed by atoms with van der Waals surface area (Å²) in [6, 6.07) is 0.786. The lowest BCUT2D eigenvalue weighted by Crippen LogP contribution is -2.17. The average molecular weight is 237 g/mol. The van der Waals surface area contributed by atoms with E-state index in [1.54, 1.807) is 0 Å². The van der Waals surface area contributed by atoms with Crippen molar-refractivity contribution < 1.29 is 4.42 Å². The van der Waals surface area contributed by atoms with E-state index in [9.17, 15) is 0 Å². The third kappa shape index (κ3) is 4.86. The zero-order valence-corrected chi connectivity index (χ0v) is 11.1. The van der Waals surface area contributed by atoms with Crippen molar-refractivity contribution in [3.63, 3.8) is 0 Å². The maximum absolute atomic E-state index is 5.63. The van der Waals surface area contributed by atoms with Crippen molar-refractivity contribution in [2.75, 3.05) is 6.54 Å². The highest BCUT2D eigenvalue weighted by atomic mass is 16.4. The Labute approximate surface area is 103 Å². The van der Waals surface area contributed by atoms with Crippen molar-refractivity contribution in [3.05, 3.63) is 11.8 Å². The topological polar surface area (TPSA) is 51.0 Å². The number of aryl methyl sites for hydroxylation is 1. The van der Waals surface area contributed by atoms with E-state index in [1.165, 1.54) is 12.8 Å². The summed E-state index contributed by atoms with van der Waals surface area (Å²) in [5.74, 6) is 1.55. The molecule has 0 bridgehead atoms. The molecule has 1 N–H and O–H groups in total. The summed E-state index contributed by atoms with van der Waals surface area (Å²) in [4.78, 5) is 0. The third-order valence-corrected chi connectivity index (χ3v) is 2.77. The molecule has 0 amide bonds. The first-order chi connectivity index (χ1) is 8.03. The van der Waals surface area contributed by atoms with Gasteiger partial charge >= 0.3 is 0 Å². The molecule has 17 heavy (non-hydrogen) atoms. The largest absolute Gasteiger partial charge is 0.425 e. The minimum absolute atomic E-state index is 0.206. The molecule has 0 aliphatic heterocycles. The Morgan fingerprint density at radius 1 is 1.24 bits per heavy atom. The zero-order chi connectivity index (χ0) is 12.3. The molecular formula is C13H23N3O. The number of aromatic nitrogens is 2. The van der Waals surface area contributed by atoms with Crippen molar-refractivity contribution >= 4 is 0 Å². The van der Waals surface area contributed by atoms with Gasteiger partial charge in [-0.1, -0.05) is 20.8 Å². The molecule has 0 unspecified atom stereocenters. The van der Waals surface area contributed by atoms with E-state index in [-0.39, 0.29) is 5.41 Å². The molecule has 1 saturated carbocycles. The Morgan fingerprint density at radius 2 is 1.94 bits per heavy atom. The molecule has 1 aromatic heterocycles. The monoisotopic (exact) mass is 237 g/mol. The second-order valence-corrected chi connectivity index (χ2v) is 6.16. The fraction of sp³-hybridized carbons (Fsp3) is 0.846. The molecule has 1 heterocycles. The summed E-state index contributed by atoms with van der Waals surface area (Å²) in [7, 11) is 0. The standard InChI is InChI=1S/C13H23N3O/c1-13(2,3)9-12-16-15-11(17-12)5-4-8-14-10-6-7-10/h10,14H,4-9H2,1-3H3. The van der Waals surface area contributed by atoms with Crippen LogP contribution in [-0.2, 0) is 12.8 Å². The first-order valence-corrected chi connectivity index (χ1v) is 6.57. The van der Waals surface area contributed by atoms with Gasteiger partial charge in [-0.3, -0.25) is 0 Å². The van der Waals surface area contributed by atoms with Gasteiger partial charge in [-0.05, 0) is 31.2 Å². The highest BCUT2D eigenvalue weighted by molar-refractivity contribution is 4.87. The molecule has 2 rings (SSSR count). The predicted octanol–water partition coefficient (Wildman–Crippen LogP) is 2.34. The highest BCUT2D eigenvalue weighted by Crippen LogP contribution is 2.20. The lowest BCUT2D eigenvalue weighted by atomic mass is 9.92. The van der Waals surface area contributed by atoms with Crippen LogP contribution in [0.3, 0.4) is 0 Å². The van der Waals surface area contributed by atoms with E-state index >= 15 is 0 Å². The van der Waals surface area contributed by atoms with Crippen LogP contribution >= 0.6 is 0 Å². The van der Waals surface area contributed by atoms with Gasteiger partial charge in [0.05, 0.1) is 0 Å². The van der Waals surface area contributed by atoms with Crippen molar-refractivity contribution in [2.24, 2.45) is 5.41 Å². The van der Waals surface area contributed by atoms with E-state index in [0.29, 0.717) is 0 Å². The Balaban J connectivity index is 1.69. The van der Waals surface area contributed by atoms with Crippen LogP contribution in [0.15, 0.2) is 4.42 Å². The van der Waals surface area contributed by atoms with E-state index in [0.717, 1.165) is 43.6 Å². The molecule has 0 spiro atoms. The van der Waals surface area contributed by atoms with E-state index in [1.807, 2.05) is 0 Å². The molecule has 96 valence electrons. The van der Waals surface area contributed by atoms with Gasteiger partial charge in [-0.15, -0.1) is 10.2 Å². The molecule has 4 heteroatoms. The summed E-state index contributed by atoms with van der Waals surface area (Å²) in [5.41, 5.74) is 0.206. The van der Waals surface area contributed by atoms with Gasteiger partial charge in [0.1, 0.15) is 0 Å². The minimum Gasteiger partial charge on any atom is -0.425 e. The molecule has 0 atom stereocenters. The van der Waals surface area contributed by atoms with Gasteiger partial charge < -0.3 is 9.73 Å². The summed E-state index contributed by atoms with van der Waals surface area (Å²) >= 11 is 0. The smallest absolute Gasteiger partial charge is 0.217 e. The molecular weight excluding hydrogens is 214 g/mol. The molecule has 1 aliphatic carbocycles. The van der Waals surface area contributed by atoms with Gasteiger partial charge in [0.2, 0.25) is 11.8 Å². The molecule has 1 aromatic rings. The Kier molecular flexibility index (Phi) is 3.82. The molecule has 0 saturated heterocycles. The number of hydrogen-bond acceptors (Lipinski definition) is 4. The third-order valence-electron chi connectivity index (χ3n) is 2.77. The average Bonchev–Trinajstić information content (AvgIpc) is 2.93. The van der Waals surface area contributed by atoms with Crippen molar-refractivity contribution in [1.82, 2.24) is 15.5 Å². The zero-order valence-electron chi connectivity index (χ0n) is 11.1. The van der Waals surface area contributed by atoms with Gasteiger partial charge in [-0.25, -0.2) is 0 Å². The number of rotatable bonds is 6. The van der Waals surface area contributed by atoms with Crippen LogP contribution in [-0.4, -0.2) is 22.8 Å². The number of nitrogens with one attached hydrogen (secondary N) is 1. The quantitative estimate of drug-likeness (QED) is 0.772. The predicted molar refractivity (Wildman–Crippen MR) is 66.8 cm³/mol. The molecule has 0 radical (unpaired) electrons. The normalized spacial score (nSPS) is 16.4. The number of hydrogen-bond donors (Lipinski definition) is 1. The van der Waals surface area contributed by atoms with Gasteiger partial charge in [0.25, 0.3) is 0 Å². The number of nitrogens with zero attached hydrogens (tertiary/aromatic N) is 2. The maximum Gasteiger partial charge on any atom is 0.217 e. The lowest BCUT2D eigenvalue weighted by molar-refractivity contribution is 0.344. The fourth-order valence-corrected chi connectivity index (χ4v) is 1.75. The first-order valence-electron chi connectivity index (χ1n) is 6.57. The first kappa shape index (κ1) is 12.6. The van der Waals surface area contributed by atoms with Crippen molar-refractivity contribution in [3.8, 4) is 0 Å². The van der Waals surface area contributed by atoms with Crippen LogP contribution in [0.4, 0.5) is 0 Å². The summed E-state index contributed by atoms with van der Waals surface area (Å²) < 4.78 is 5.63. The molecule has 0 aromatic carbocycles. The van der Waals surface area contributed by atoms with Crippen LogP contribution in [0.1, 0.15) is 51.8 Å². The Bertz CT molecular complexity index is 350. The van der Waals surface area contributed by atoms with Crippen LogP contribution in [0.2, 0.25) is 0 Å². The fourth-order valence-electron chi connectivity index (χ4n) is 1.75. The van der Waals surface area contributed by atoms with Gasteiger partial charge in [-0.2, -0.15) is 0 Å². The van der Waals surface area contributed by atoms with Crippen LogP contribution in [0.5, 0.6) is 0 Å². The molecule has 1 aliphatic rings. The van der Waals surface area contributed by atoms with Crippen molar-refractivity contribution in [1.29, 1.82) is 0 Å². The Morgan fingerprint density at radius 3 is 2.59 bits per heavy atom. The van der Waals surface area contributed by atoms with Crippen LogP contribution in [0, 0.1) is 5.41 Å². The van der Waals surface area contributed by atoms with E-state index in [4.69, 9.17) is 4.42 Å².